The predicted octanol–water partition coefficient (Wildman–Crippen LogP) is 5.36. The second kappa shape index (κ2) is 11.1. The van der Waals surface area contributed by atoms with Gasteiger partial charge in [0, 0.05) is 22.9 Å². The number of halogens is 1. The van der Waals surface area contributed by atoms with E-state index in [4.69, 9.17) is 11.6 Å². The molecule has 4 aromatic rings. The molecule has 0 saturated heterocycles. The molecule has 1 amide bonds. The smallest absolute Gasteiger partial charge is 0.272 e. The van der Waals surface area contributed by atoms with Crippen molar-refractivity contribution in [3.05, 3.63) is 98.6 Å². The molecule has 0 aliphatic rings. The zero-order chi connectivity index (χ0) is 25.7. The standard InChI is InChI=1S/C25H21ClN6O3S/c1-16-3-8-19(9-4-16)24-29-30-25(31(24)20-10-5-17(2)6-11-20)36-15-23(33)28-27-14-18-7-12-21(26)22(13-18)32(34)35/h3-14H,15H2,1-2H3,(H,28,33)/b27-14+. The van der Waals surface area contributed by atoms with Gasteiger partial charge < -0.3 is 0 Å². The number of nitro benzene ring substituents is 1. The topological polar surface area (TPSA) is 115 Å². The first-order valence-electron chi connectivity index (χ1n) is 10.8. The maximum absolute atomic E-state index is 12.4. The van der Waals surface area contributed by atoms with E-state index in [2.05, 4.69) is 20.7 Å². The zero-order valence-electron chi connectivity index (χ0n) is 19.4. The van der Waals surface area contributed by atoms with Crippen molar-refractivity contribution in [2.45, 2.75) is 19.0 Å². The number of hydrazone groups is 1. The molecule has 11 heteroatoms. The Hall–Kier alpha value is -4.02. The fraction of sp³-hybridized carbons (Fsp3) is 0.120. The number of rotatable bonds is 8. The number of nitrogens with zero attached hydrogens (tertiary/aromatic N) is 5. The van der Waals surface area contributed by atoms with E-state index in [1.165, 1.54) is 30.1 Å². The fourth-order valence-corrected chi connectivity index (χ4v) is 4.20. The monoisotopic (exact) mass is 520 g/mol. The first-order valence-corrected chi connectivity index (χ1v) is 12.2. The summed E-state index contributed by atoms with van der Waals surface area (Å²) in [7, 11) is 0. The molecule has 36 heavy (non-hydrogen) atoms. The van der Waals surface area contributed by atoms with Crippen molar-refractivity contribution >= 4 is 41.2 Å². The maximum atomic E-state index is 12.4. The van der Waals surface area contributed by atoms with Gasteiger partial charge in [0.1, 0.15) is 5.02 Å². The summed E-state index contributed by atoms with van der Waals surface area (Å²) in [5.41, 5.74) is 6.68. The van der Waals surface area contributed by atoms with E-state index >= 15 is 0 Å². The number of aromatic nitrogens is 3. The summed E-state index contributed by atoms with van der Waals surface area (Å²) in [6.45, 7) is 4.03. The summed E-state index contributed by atoms with van der Waals surface area (Å²) in [6, 6.07) is 20.2. The Morgan fingerprint density at radius 1 is 1.08 bits per heavy atom. The van der Waals surface area contributed by atoms with Gasteiger partial charge in [-0.05, 0) is 32.0 Å². The number of benzene rings is 3. The predicted molar refractivity (Wildman–Crippen MR) is 141 cm³/mol. The number of nitrogens with one attached hydrogen (secondary N) is 1. The largest absolute Gasteiger partial charge is 0.288 e. The van der Waals surface area contributed by atoms with E-state index in [9.17, 15) is 14.9 Å². The number of amides is 1. The van der Waals surface area contributed by atoms with Crippen LogP contribution in [0.25, 0.3) is 17.1 Å². The maximum Gasteiger partial charge on any atom is 0.288 e. The average molecular weight is 521 g/mol. The van der Waals surface area contributed by atoms with Crippen molar-refractivity contribution in [1.29, 1.82) is 0 Å². The number of carbonyl (C=O) groups is 1. The molecule has 0 atom stereocenters. The van der Waals surface area contributed by atoms with Crippen LogP contribution in [0.2, 0.25) is 5.02 Å². The molecule has 0 saturated carbocycles. The zero-order valence-corrected chi connectivity index (χ0v) is 21.0. The summed E-state index contributed by atoms with van der Waals surface area (Å²) in [5.74, 6) is 0.342. The van der Waals surface area contributed by atoms with Gasteiger partial charge in [0.15, 0.2) is 11.0 Å². The van der Waals surface area contributed by atoms with Gasteiger partial charge in [-0.15, -0.1) is 10.2 Å². The Kier molecular flexibility index (Phi) is 7.77. The van der Waals surface area contributed by atoms with Crippen LogP contribution in [0.4, 0.5) is 5.69 Å². The van der Waals surface area contributed by atoms with Crippen LogP contribution >= 0.6 is 23.4 Å². The van der Waals surface area contributed by atoms with Crippen LogP contribution in [0, 0.1) is 24.0 Å². The Bertz CT molecular complexity index is 1440. The summed E-state index contributed by atoms with van der Waals surface area (Å²) in [6.07, 6.45) is 1.32. The summed E-state index contributed by atoms with van der Waals surface area (Å²) in [4.78, 5) is 22.9. The van der Waals surface area contributed by atoms with Crippen LogP contribution in [0.5, 0.6) is 0 Å². The van der Waals surface area contributed by atoms with E-state index < -0.39 is 4.92 Å². The van der Waals surface area contributed by atoms with Gasteiger partial charge >= 0.3 is 0 Å². The van der Waals surface area contributed by atoms with Crippen molar-refractivity contribution in [3.63, 3.8) is 0 Å². The molecule has 0 radical (unpaired) electrons. The molecule has 1 aromatic heterocycles. The third-order valence-corrected chi connectivity index (χ3v) is 6.39. The van der Waals surface area contributed by atoms with Crippen LogP contribution in [-0.4, -0.2) is 37.6 Å². The molecule has 1 N–H and O–H groups in total. The third-order valence-electron chi connectivity index (χ3n) is 5.14. The van der Waals surface area contributed by atoms with Crippen LogP contribution in [0.1, 0.15) is 16.7 Å². The number of nitro groups is 1. The minimum Gasteiger partial charge on any atom is -0.272 e. The number of carbonyl (C=O) groups excluding carboxylic acids is 1. The Morgan fingerprint density at radius 2 is 1.75 bits per heavy atom. The molecule has 182 valence electrons. The first-order chi connectivity index (χ1) is 17.3. The van der Waals surface area contributed by atoms with Crippen molar-refractivity contribution in [2.24, 2.45) is 5.10 Å². The van der Waals surface area contributed by atoms with Gasteiger partial charge in [0.05, 0.1) is 16.9 Å². The average Bonchev–Trinajstić information content (AvgIpc) is 3.28. The third kappa shape index (κ3) is 5.96. The van der Waals surface area contributed by atoms with Crippen LogP contribution in [0.15, 0.2) is 77.0 Å². The highest BCUT2D eigenvalue weighted by Crippen LogP contribution is 2.28. The molecule has 0 fully saturated rings. The minimum atomic E-state index is -0.579. The molecule has 0 spiro atoms. The number of hydrogen-bond donors (Lipinski definition) is 1. The van der Waals surface area contributed by atoms with E-state index in [0.29, 0.717) is 16.5 Å². The molecule has 0 aliphatic heterocycles. The molecule has 1 heterocycles. The quantitative estimate of drug-likeness (QED) is 0.145. The second-order valence-corrected chi connectivity index (χ2v) is 9.24. The highest BCUT2D eigenvalue weighted by molar-refractivity contribution is 7.99. The lowest BCUT2D eigenvalue weighted by Gasteiger charge is -2.11. The summed E-state index contributed by atoms with van der Waals surface area (Å²) < 4.78 is 1.91. The lowest BCUT2D eigenvalue weighted by atomic mass is 10.1. The van der Waals surface area contributed by atoms with Gasteiger partial charge in [-0.25, -0.2) is 5.43 Å². The summed E-state index contributed by atoms with van der Waals surface area (Å²) >= 11 is 7.04. The molecular weight excluding hydrogens is 500 g/mol. The molecule has 0 unspecified atom stereocenters. The van der Waals surface area contributed by atoms with Crippen molar-refractivity contribution in [2.75, 3.05) is 5.75 Å². The van der Waals surface area contributed by atoms with Crippen LogP contribution < -0.4 is 5.43 Å². The molecular formula is C25H21ClN6O3S. The van der Waals surface area contributed by atoms with E-state index in [0.717, 1.165) is 22.4 Å². The van der Waals surface area contributed by atoms with Gasteiger partial charge in [-0.2, -0.15) is 5.10 Å². The Morgan fingerprint density at radius 3 is 2.42 bits per heavy atom. The van der Waals surface area contributed by atoms with E-state index in [1.807, 2.05) is 66.9 Å². The van der Waals surface area contributed by atoms with Crippen LogP contribution in [0.3, 0.4) is 0 Å². The van der Waals surface area contributed by atoms with E-state index in [1.54, 1.807) is 6.07 Å². The Balaban J connectivity index is 1.49. The highest BCUT2D eigenvalue weighted by Gasteiger charge is 2.17. The van der Waals surface area contributed by atoms with E-state index in [-0.39, 0.29) is 22.4 Å². The second-order valence-electron chi connectivity index (χ2n) is 7.89. The first kappa shape index (κ1) is 25.1. The molecule has 0 bridgehead atoms. The molecule has 9 nitrogen and oxygen atoms in total. The fourth-order valence-electron chi connectivity index (χ4n) is 3.27. The molecule has 3 aromatic carbocycles. The number of thioether (sulfide) groups is 1. The minimum absolute atomic E-state index is 0.0280. The van der Waals surface area contributed by atoms with Crippen molar-refractivity contribution < 1.29 is 9.72 Å². The van der Waals surface area contributed by atoms with Gasteiger partial charge in [-0.3, -0.25) is 19.5 Å². The van der Waals surface area contributed by atoms with Gasteiger partial charge in [0.2, 0.25) is 0 Å². The number of aryl methyl sites for hydroxylation is 2. The molecule has 0 aliphatic carbocycles. The highest BCUT2D eigenvalue weighted by atomic mass is 35.5. The summed E-state index contributed by atoms with van der Waals surface area (Å²) in [5, 5.41) is 24.2. The van der Waals surface area contributed by atoms with Gasteiger partial charge in [0.25, 0.3) is 11.6 Å². The lowest BCUT2D eigenvalue weighted by molar-refractivity contribution is -0.384. The van der Waals surface area contributed by atoms with Crippen molar-refractivity contribution in [3.8, 4) is 17.1 Å². The normalized spacial score (nSPS) is 11.1. The van der Waals surface area contributed by atoms with Gasteiger partial charge in [-0.1, -0.05) is 77.0 Å². The van der Waals surface area contributed by atoms with Crippen molar-refractivity contribution in [1.82, 2.24) is 20.2 Å². The number of hydrogen-bond acceptors (Lipinski definition) is 7. The van der Waals surface area contributed by atoms with Crippen LogP contribution in [-0.2, 0) is 4.79 Å². The molecule has 4 rings (SSSR count). The lowest BCUT2D eigenvalue weighted by Crippen LogP contribution is -2.20. The SMILES string of the molecule is Cc1ccc(-c2nnc(SCC(=O)N/N=C/c3ccc(Cl)c([N+](=O)[O-])c3)n2-c2ccc(C)cc2)cc1. The Labute approximate surface area is 216 Å².